The minimum Gasteiger partial charge on any atom is -0.469 e. The third kappa shape index (κ3) is 8.11. The predicted octanol–water partition coefficient (Wildman–Crippen LogP) is 6.41. The topological polar surface area (TPSA) is 72.5 Å². The lowest BCUT2D eigenvalue weighted by Gasteiger charge is -2.30. The smallest absolute Gasteiger partial charge is 0.431 e. The van der Waals surface area contributed by atoms with Gasteiger partial charge in [0.1, 0.15) is 5.82 Å². The number of ether oxygens (including phenoxy) is 1. The number of nitrogens with one attached hydrogen (secondary N) is 1. The SMILES string of the molecule is COC(=O)CCCc1ccc(C(CCCC(F)(C(F)(F)F)C(F)(F)F)NS(=O)(=O)c2ccc(F)cc2)s1. The van der Waals surface area contributed by atoms with Crippen molar-refractivity contribution in [3.05, 3.63) is 52.0 Å². The van der Waals surface area contributed by atoms with E-state index in [9.17, 15) is 48.3 Å². The number of thiophene rings is 1. The fourth-order valence-corrected chi connectivity index (χ4v) is 5.81. The number of hydrogen-bond donors (Lipinski definition) is 1. The molecule has 0 bridgehead atoms. The Morgan fingerprint density at radius 1 is 0.973 bits per heavy atom. The molecule has 2 rings (SSSR count). The van der Waals surface area contributed by atoms with Crippen LogP contribution in [-0.4, -0.2) is 39.5 Å². The highest BCUT2D eigenvalue weighted by atomic mass is 32.2. The molecule has 37 heavy (non-hydrogen) atoms. The molecule has 2 aromatic rings. The van der Waals surface area contributed by atoms with E-state index >= 15 is 0 Å². The van der Waals surface area contributed by atoms with E-state index < -0.39 is 65.1 Å². The molecule has 0 radical (unpaired) electrons. The van der Waals surface area contributed by atoms with Crippen LogP contribution >= 0.6 is 11.3 Å². The molecule has 1 heterocycles. The van der Waals surface area contributed by atoms with Crippen LogP contribution in [0.1, 0.15) is 47.9 Å². The molecule has 0 aliphatic carbocycles. The number of methoxy groups -OCH3 is 1. The lowest BCUT2D eigenvalue weighted by Crippen LogP contribution is -2.53. The molecule has 208 valence electrons. The average molecular weight is 582 g/mol. The van der Waals surface area contributed by atoms with Crippen molar-refractivity contribution in [2.75, 3.05) is 7.11 Å². The van der Waals surface area contributed by atoms with Gasteiger partial charge in [-0.25, -0.2) is 21.9 Å². The van der Waals surface area contributed by atoms with E-state index in [0.717, 1.165) is 35.6 Å². The van der Waals surface area contributed by atoms with Crippen LogP contribution in [-0.2, 0) is 26.0 Å². The highest BCUT2D eigenvalue weighted by Crippen LogP contribution is 2.49. The maximum Gasteiger partial charge on any atom is 0.431 e. The van der Waals surface area contributed by atoms with E-state index in [1.54, 1.807) is 6.07 Å². The lowest BCUT2D eigenvalue weighted by molar-refractivity contribution is -0.343. The van der Waals surface area contributed by atoms with Crippen LogP contribution in [0.4, 0.5) is 35.1 Å². The second kappa shape index (κ2) is 12.1. The number of alkyl halides is 7. The molecule has 1 atom stereocenters. The summed E-state index contributed by atoms with van der Waals surface area (Å²) in [7, 11) is -3.16. The zero-order valence-electron chi connectivity index (χ0n) is 19.3. The van der Waals surface area contributed by atoms with Crippen LogP contribution in [0, 0.1) is 5.82 Å². The molecule has 0 saturated carbocycles. The van der Waals surface area contributed by atoms with Crippen molar-refractivity contribution in [3.8, 4) is 0 Å². The summed E-state index contributed by atoms with van der Waals surface area (Å²) in [6.45, 7) is 0. The van der Waals surface area contributed by atoms with Gasteiger partial charge in [0.25, 0.3) is 5.67 Å². The van der Waals surface area contributed by atoms with Gasteiger partial charge in [-0.1, -0.05) is 0 Å². The maximum absolute atomic E-state index is 14.1. The van der Waals surface area contributed by atoms with Crippen LogP contribution in [0.2, 0.25) is 0 Å². The fourth-order valence-electron chi connectivity index (χ4n) is 3.35. The number of rotatable bonds is 12. The van der Waals surface area contributed by atoms with E-state index in [2.05, 4.69) is 9.46 Å². The van der Waals surface area contributed by atoms with E-state index in [4.69, 9.17) is 0 Å². The second-order valence-electron chi connectivity index (χ2n) is 8.05. The van der Waals surface area contributed by atoms with Gasteiger partial charge in [-0.3, -0.25) is 4.79 Å². The summed E-state index contributed by atoms with van der Waals surface area (Å²) in [6, 6.07) is 5.28. The standard InChI is InChI=1S/C22H23F8NO4S2/c1-35-19(32)6-2-4-15-9-12-18(36-15)17(31-37(33,34)16-10-7-14(23)8-11-16)5-3-13-20(24,21(25,26)27)22(28,29)30/h7-12,17,31H,2-6,13H2,1H3. The van der Waals surface area contributed by atoms with Gasteiger partial charge in [-0.2, -0.15) is 26.3 Å². The van der Waals surface area contributed by atoms with Gasteiger partial charge in [0, 0.05) is 16.2 Å². The lowest BCUT2D eigenvalue weighted by atomic mass is 9.95. The van der Waals surface area contributed by atoms with Gasteiger partial charge >= 0.3 is 18.3 Å². The molecule has 1 aromatic carbocycles. The average Bonchev–Trinajstić information content (AvgIpc) is 3.25. The first-order chi connectivity index (χ1) is 17.0. The van der Waals surface area contributed by atoms with Crippen molar-refractivity contribution in [2.24, 2.45) is 0 Å². The molecule has 1 aromatic heterocycles. The summed E-state index contributed by atoms with van der Waals surface area (Å²) in [5, 5.41) is 0. The Balaban J connectivity index is 2.26. The molecule has 0 spiro atoms. The number of benzene rings is 1. The summed E-state index contributed by atoms with van der Waals surface area (Å²) >= 11 is 1.03. The first kappa shape index (κ1) is 31.0. The Morgan fingerprint density at radius 3 is 2.11 bits per heavy atom. The number of carbonyl (C=O) groups is 1. The van der Waals surface area contributed by atoms with Gasteiger partial charge in [-0.15, -0.1) is 11.3 Å². The normalized spacial score (nSPS) is 14.0. The molecular formula is C22H23F8NO4S2. The van der Waals surface area contributed by atoms with Gasteiger partial charge in [-0.05, 0) is 68.5 Å². The molecule has 1 N–H and O–H groups in total. The molecule has 0 saturated heterocycles. The number of aryl methyl sites for hydroxylation is 1. The summed E-state index contributed by atoms with van der Waals surface area (Å²) in [5.41, 5.74) is -5.46. The fraction of sp³-hybridized carbons (Fsp3) is 0.500. The van der Waals surface area contributed by atoms with Crippen molar-refractivity contribution in [1.82, 2.24) is 4.72 Å². The minimum absolute atomic E-state index is 0.0951. The molecular weight excluding hydrogens is 558 g/mol. The van der Waals surface area contributed by atoms with E-state index in [-0.39, 0.29) is 16.2 Å². The van der Waals surface area contributed by atoms with Gasteiger partial charge in [0.2, 0.25) is 10.0 Å². The van der Waals surface area contributed by atoms with Crippen molar-refractivity contribution in [3.63, 3.8) is 0 Å². The molecule has 5 nitrogen and oxygen atoms in total. The second-order valence-corrected chi connectivity index (χ2v) is 11.0. The highest BCUT2D eigenvalue weighted by molar-refractivity contribution is 7.89. The summed E-state index contributed by atoms with van der Waals surface area (Å²) in [6.07, 6.45) is -15.1. The number of carbonyl (C=O) groups excluding carboxylic acids is 1. The molecule has 0 aliphatic rings. The van der Waals surface area contributed by atoms with Crippen molar-refractivity contribution < 1.29 is 53.1 Å². The monoisotopic (exact) mass is 581 g/mol. The van der Waals surface area contributed by atoms with E-state index in [1.807, 2.05) is 0 Å². The predicted molar refractivity (Wildman–Crippen MR) is 119 cm³/mol. The molecule has 1 unspecified atom stereocenters. The van der Waals surface area contributed by atoms with Crippen LogP contribution < -0.4 is 4.72 Å². The summed E-state index contributed by atoms with van der Waals surface area (Å²) in [4.78, 5) is 11.8. The zero-order valence-corrected chi connectivity index (χ0v) is 20.9. The summed E-state index contributed by atoms with van der Waals surface area (Å²) in [5.74, 6) is -1.19. The van der Waals surface area contributed by atoms with Crippen molar-refractivity contribution in [1.29, 1.82) is 0 Å². The number of halogens is 8. The minimum atomic E-state index is -6.22. The maximum atomic E-state index is 14.1. The third-order valence-corrected chi connectivity index (χ3v) is 8.14. The highest BCUT2D eigenvalue weighted by Gasteiger charge is 2.71. The van der Waals surface area contributed by atoms with Crippen molar-refractivity contribution in [2.45, 2.75) is 67.5 Å². The third-order valence-electron chi connectivity index (χ3n) is 5.39. The largest absolute Gasteiger partial charge is 0.469 e. The first-order valence-corrected chi connectivity index (χ1v) is 13.1. The molecule has 0 aliphatic heterocycles. The summed E-state index contributed by atoms with van der Waals surface area (Å²) < 4.78 is 137. The van der Waals surface area contributed by atoms with Gasteiger partial charge < -0.3 is 4.74 Å². The Hall–Kier alpha value is -2.26. The van der Waals surface area contributed by atoms with E-state index in [1.165, 1.54) is 13.2 Å². The molecule has 0 fully saturated rings. The van der Waals surface area contributed by atoms with E-state index in [0.29, 0.717) is 17.7 Å². The van der Waals surface area contributed by atoms with Crippen LogP contribution in [0.15, 0.2) is 41.3 Å². The Kier molecular flexibility index (Phi) is 10.1. The number of hydrogen-bond acceptors (Lipinski definition) is 5. The Labute approximate surface area is 211 Å². The number of sulfonamides is 1. The van der Waals surface area contributed by atoms with Gasteiger partial charge in [0.15, 0.2) is 0 Å². The Morgan fingerprint density at radius 2 is 1.57 bits per heavy atom. The van der Waals surface area contributed by atoms with Crippen LogP contribution in [0.25, 0.3) is 0 Å². The Bertz CT molecular complexity index is 1130. The van der Waals surface area contributed by atoms with Gasteiger partial charge in [0.05, 0.1) is 18.0 Å². The zero-order chi connectivity index (χ0) is 28.1. The van der Waals surface area contributed by atoms with Crippen LogP contribution in [0.5, 0.6) is 0 Å². The number of esters is 1. The quantitative estimate of drug-likeness (QED) is 0.233. The molecule has 0 amide bonds. The first-order valence-electron chi connectivity index (χ1n) is 10.8. The van der Waals surface area contributed by atoms with Crippen LogP contribution in [0.3, 0.4) is 0 Å². The van der Waals surface area contributed by atoms with Crippen molar-refractivity contribution >= 4 is 27.3 Å². The molecule has 15 heteroatoms.